The molecule has 1 aliphatic heterocycles. The van der Waals surface area contributed by atoms with Crippen molar-refractivity contribution in [2.24, 2.45) is 0 Å². The second kappa shape index (κ2) is 9.78. The molecular formula is C28H33N5O3. The number of methoxy groups -OCH3 is 1. The Morgan fingerprint density at radius 3 is 2.56 bits per heavy atom. The molecule has 0 spiro atoms. The minimum absolute atomic E-state index is 0.185. The first-order chi connectivity index (χ1) is 17.4. The second-order valence-electron chi connectivity index (χ2n) is 9.69. The number of esters is 1. The maximum absolute atomic E-state index is 12.1. The lowest BCUT2D eigenvalue weighted by atomic mass is 10.1. The highest BCUT2D eigenvalue weighted by Crippen LogP contribution is 2.33. The molecule has 0 radical (unpaired) electrons. The van der Waals surface area contributed by atoms with Crippen LogP contribution in [0.2, 0.25) is 0 Å². The van der Waals surface area contributed by atoms with E-state index in [1.807, 2.05) is 23.0 Å². The summed E-state index contributed by atoms with van der Waals surface area (Å²) in [5, 5.41) is 10.6. The number of ether oxygens (including phenoxy) is 2. The Hall–Kier alpha value is -3.65. The summed E-state index contributed by atoms with van der Waals surface area (Å²) in [7, 11) is 1.37. The largest absolute Gasteiger partial charge is 0.467 e. The van der Waals surface area contributed by atoms with E-state index < -0.39 is 11.6 Å². The number of fused-ring (bicyclic) bond motifs is 1. The second-order valence-corrected chi connectivity index (χ2v) is 9.69. The summed E-state index contributed by atoms with van der Waals surface area (Å²) in [5.74, 6) is -0.417. The summed E-state index contributed by atoms with van der Waals surface area (Å²) >= 11 is 0. The van der Waals surface area contributed by atoms with E-state index >= 15 is 0 Å². The van der Waals surface area contributed by atoms with Crippen molar-refractivity contribution in [3.05, 3.63) is 60.4 Å². The molecule has 1 aliphatic rings. The van der Waals surface area contributed by atoms with E-state index in [0.29, 0.717) is 0 Å². The van der Waals surface area contributed by atoms with Crippen LogP contribution in [0.1, 0.15) is 39.3 Å². The third-order valence-corrected chi connectivity index (χ3v) is 6.70. The van der Waals surface area contributed by atoms with Crippen LogP contribution in [0, 0.1) is 0 Å². The van der Waals surface area contributed by atoms with Gasteiger partial charge < -0.3 is 14.4 Å². The van der Waals surface area contributed by atoms with Gasteiger partial charge >= 0.3 is 5.97 Å². The smallest absolute Gasteiger partial charge is 0.337 e. The zero-order valence-electron chi connectivity index (χ0n) is 21.4. The van der Waals surface area contributed by atoms with Crippen molar-refractivity contribution >= 4 is 22.6 Å². The van der Waals surface area contributed by atoms with E-state index in [4.69, 9.17) is 14.6 Å². The van der Waals surface area contributed by atoms with Crippen LogP contribution in [0.25, 0.3) is 27.8 Å². The molecular weight excluding hydrogens is 454 g/mol. The number of nitrogens with zero attached hydrogens (tertiary/aromatic N) is 5. The molecule has 0 aliphatic carbocycles. The Morgan fingerprint density at radius 2 is 1.86 bits per heavy atom. The highest BCUT2D eigenvalue weighted by atomic mass is 16.6. The zero-order valence-corrected chi connectivity index (χ0v) is 21.4. The molecule has 1 saturated heterocycles. The fourth-order valence-electron chi connectivity index (χ4n) is 4.54. The number of aromatic nitrogens is 4. The summed E-state index contributed by atoms with van der Waals surface area (Å²) < 4.78 is 14.9. The predicted octanol–water partition coefficient (Wildman–Crippen LogP) is 4.98. The summed E-state index contributed by atoms with van der Waals surface area (Å²) in [6.07, 6.45) is 4.12. The number of hydrogen-bond acceptors (Lipinski definition) is 6. The number of rotatable bonds is 9. The minimum Gasteiger partial charge on any atom is -0.467 e. The normalized spacial score (nSPS) is 13.7. The molecule has 0 saturated carbocycles. The van der Waals surface area contributed by atoms with Crippen molar-refractivity contribution in [1.82, 2.24) is 19.6 Å². The summed E-state index contributed by atoms with van der Waals surface area (Å²) in [6, 6.07) is 16.8. The standard InChI is InChI=1S/C28H33N5O3/c1-5-13-32-25-16-20(11-12-21(25)18-29-32)26-17-22(19-36-28(2,3)27(34)35-4)30-33(26)24-10-7-6-9-23(24)31-14-8-15-31/h6-7,9-12,16-18H,5,8,13-15,19H2,1-4H3. The molecule has 0 bridgehead atoms. The number of anilines is 1. The molecule has 2 aromatic heterocycles. The molecule has 3 heterocycles. The van der Waals surface area contributed by atoms with E-state index in [0.717, 1.165) is 65.3 Å². The number of carbonyl (C=O) groups is 1. The molecule has 0 atom stereocenters. The maximum atomic E-state index is 12.1. The van der Waals surface area contributed by atoms with Crippen molar-refractivity contribution in [2.45, 2.75) is 52.4 Å². The van der Waals surface area contributed by atoms with Crippen LogP contribution in [0.4, 0.5) is 5.69 Å². The summed E-state index contributed by atoms with van der Waals surface area (Å²) in [5.41, 5.74) is 4.96. The third kappa shape index (κ3) is 4.48. The van der Waals surface area contributed by atoms with Gasteiger partial charge in [-0.25, -0.2) is 9.48 Å². The van der Waals surface area contributed by atoms with Crippen molar-refractivity contribution in [1.29, 1.82) is 0 Å². The van der Waals surface area contributed by atoms with Crippen molar-refractivity contribution in [3.8, 4) is 16.9 Å². The number of aryl methyl sites for hydroxylation is 1. The Kier molecular flexibility index (Phi) is 6.53. The molecule has 4 aromatic rings. The molecule has 188 valence electrons. The molecule has 36 heavy (non-hydrogen) atoms. The van der Waals surface area contributed by atoms with Gasteiger partial charge in [0.15, 0.2) is 5.60 Å². The van der Waals surface area contributed by atoms with Gasteiger partial charge in [-0.1, -0.05) is 31.2 Å². The SMILES string of the molecule is CCCn1ncc2ccc(-c3cc(COC(C)(C)C(=O)OC)nn3-c3ccccc3N3CCC3)cc21. The topological polar surface area (TPSA) is 74.4 Å². The zero-order chi connectivity index (χ0) is 25.3. The monoisotopic (exact) mass is 487 g/mol. The van der Waals surface area contributed by atoms with Crippen LogP contribution in [-0.2, 0) is 27.4 Å². The Bertz CT molecular complexity index is 1380. The average Bonchev–Trinajstić information content (AvgIpc) is 3.46. The lowest BCUT2D eigenvalue weighted by Crippen LogP contribution is -2.37. The summed E-state index contributed by atoms with van der Waals surface area (Å²) in [6.45, 7) is 8.70. The van der Waals surface area contributed by atoms with E-state index in [-0.39, 0.29) is 6.61 Å². The van der Waals surface area contributed by atoms with Gasteiger partial charge in [0.25, 0.3) is 0 Å². The average molecular weight is 488 g/mol. The quantitative estimate of drug-likeness (QED) is 0.310. The minimum atomic E-state index is -1.07. The highest BCUT2D eigenvalue weighted by Gasteiger charge is 2.30. The van der Waals surface area contributed by atoms with Crippen LogP contribution in [0.15, 0.2) is 54.7 Å². The highest BCUT2D eigenvalue weighted by molar-refractivity contribution is 5.84. The van der Waals surface area contributed by atoms with E-state index in [9.17, 15) is 4.79 Å². The van der Waals surface area contributed by atoms with Gasteiger partial charge in [-0.3, -0.25) is 4.68 Å². The predicted molar refractivity (Wildman–Crippen MR) is 140 cm³/mol. The lowest BCUT2D eigenvalue weighted by molar-refractivity contribution is -0.166. The Labute approximate surface area is 211 Å². The number of benzene rings is 2. The van der Waals surface area contributed by atoms with Crippen molar-refractivity contribution in [2.75, 3.05) is 25.1 Å². The van der Waals surface area contributed by atoms with Gasteiger partial charge in [-0.15, -0.1) is 0 Å². The van der Waals surface area contributed by atoms with E-state index in [1.54, 1.807) is 13.8 Å². The first-order valence-corrected chi connectivity index (χ1v) is 12.5. The molecule has 0 amide bonds. The van der Waals surface area contributed by atoms with Crippen LogP contribution < -0.4 is 4.90 Å². The van der Waals surface area contributed by atoms with Crippen molar-refractivity contribution < 1.29 is 14.3 Å². The fourth-order valence-corrected chi connectivity index (χ4v) is 4.54. The van der Waals surface area contributed by atoms with E-state index in [1.165, 1.54) is 13.5 Å². The first kappa shape index (κ1) is 24.1. The Balaban J connectivity index is 1.59. The Morgan fingerprint density at radius 1 is 1.08 bits per heavy atom. The molecule has 2 aromatic carbocycles. The van der Waals surface area contributed by atoms with Crippen molar-refractivity contribution in [3.63, 3.8) is 0 Å². The first-order valence-electron chi connectivity index (χ1n) is 12.5. The van der Waals surface area contributed by atoms with Gasteiger partial charge in [-0.05, 0) is 51.0 Å². The van der Waals surface area contributed by atoms with Gasteiger partial charge in [-0.2, -0.15) is 10.2 Å². The maximum Gasteiger partial charge on any atom is 0.337 e. The van der Waals surface area contributed by atoms with Gasteiger partial charge in [0.2, 0.25) is 0 Å². The molecule has 1 fully saturated rings. The molecule has 0 N–H and O–H groups in total. The van der Waals surface area contributed by atoms with Gasteiger partial charge in [0.1, 0.15) is 0 Å². The number of hydrogen-bond donors (Lipinski definition) is 0. The third-order valence-electron chi connectivity index (χ3n) is 6.70. The van der Waals surface area contributed by atoms with Gasteiger partial charge in [0.05, 0.1) is 48.2 Å². The lowest BCUT2D eigenvalue weighted by Gasteiger charge is -2.34. The van der Waals surface area contributed by atoms with E-state index in [2.05, 4.69) is 58.0 Å². The number of carbonyl (C=O) groups excluding carboxylic acids is 1. The fraction of sp³-hybridized carbons (Fsp3) is 0.393. The van der Waals surface area contributed by atoms with Crippen LogP contribution in [0.3, 0.4) is 0 Å². The molecule has 5 rings (SSSR count). The number of para-hydroxylation sites is 2. The van der Waals surface area contributed by atoms with Crippen LogP contribution in [0.5, 0.6) is 0 Å². The molecule has 8 nitrogen and oxygen atoms in total. The molecule has 0 unspecified atom stereocenters. The van der Waals surface area contributed by atoms with Crippen LogP contribution in [-0.4, -0.2) is 51.3 Å². The summed E-state index contributed by atoms with van der Waals surface area (Å²) in [4.78, 5) is 14.5. The van der Waals surface area contributed by atoms with Crippen LogP contribution >= 0.6 is 0 Å². The van der Waals surface area contributed by atoms with Gasteiger partial charge in [0, 0.05) is 30.6 Å². The molecule has 8 heteroatoms.